The van der Waals surface area contributed by atoms with Crippen molar-refractivity contribution in [3.63, 3.8) is 0 Å². The van der Waals surface area contributed by atoms with E-state index in [9.17, 15) is 19.2 Å². The van der Waals surface area contributed by atoms with Crippen LogP contribution in [-0.2, 0) is 9.47 Å². The SMILES string of the molecule is CC(C)(C)OC(=O)N(C(=O)OC(C)(C)C)c1cc(C(C#N)c2ccc(Cl)nn2)nn1-c1ccc(F)cc1. The minimum absolute atomic E-state index is 0.0905. The summed E-state index contributed by atoms with van der Waals surface area (Å²) < 4.78 is 25.8. The van der Waals surface area contributed by atoms with Gasteiger partial charge in [0.2, 0.25) is 0 Å². The van der Waals surface area contributed by atoms with Crippen LogP contribution in [0.25, 0.3) is 5.69 Å². The number of halogens is 2. The van der Waals surface area contributed by atoms with Gasteiger partial charge in [0.1, 0.15) is 22.9 Å². The Labute approximate surface area is 218 Å². The second-order valence-electron chi connectivity index (χ2n) is 9.95. The Bertz CT molecular complexity index is 1290. The van der Waals surface area contributed by atoms with Crippen LogP contribution in [0, 0.1) is 17.1 Å². The van der Waals surface area contributed by atoms with Crippen LogP contribution >= 0.6 is 11.6 Å². The number of imide groups is 1. The van der Waals surface area contributed by atoms with Gasteiger partial charge in [-0.15, -0.1) is 5.10 Å². The van der Waals surface area contributed by atoms with E-state index in [2.05, 4.69) is 21.4 Å². The standard InChI is InChI=1S/C25H26ClFN6O4/c1-24(2,3)36-22(34)32(23(35)37-25(4,5)6)21-13-19(17(14-28)18-11-12-20(26)30-29-18)31-33(21)16-9-7-15(27)8-10-16/h7-13,17H,1-6H3. The Kier molecular flexibility index (Phi) is 7.83. The number of aromatic nitrogens is 4. The summed E-state index contributed by atoms with van der Waals surface area (Å²) in [6.45, 7) is 9.87. The van der Waals surface area contributed by atoms with Gasteiger partial charge in [-0.1, -0.05) is 11.6 Å². The zero-order valence-electron chi connectivity index (χ0n) is 21.2. The van der Waals surface area contributed by atoms with E-state index >= 15 is 0 Å². The number of carbonyl (C=O) groups is 2. The number of nitrogens with zero attached hydrogens (tertiary/aromatic N) is 6. The maximum Gasteiger partial charge on any atom is 0.425 e. The van der Waals surface area contributed by atoms with Gasteiger partial charge in [-0.25, -0.2) is 18.7 Å². The molecule has 2 amide bonds. The molecule has 3 rings (SSSR count). The Morgan fingerprint density at radius 2 is 1.54 bits per heavy atom. The lowest BCUT2D eigenvalue weighted by Crippen LogP contribution is -2.44. The summed E-state index contributed by atoms with van der Waals surface area (Å²) in [4.78, 5) is 27.2. The predicted octanol–water partition coefficient (Wildman–Crippen LogP) is 5.79. The molecule has 0 saturated heterocycles. The van der Waals surface area contributed by atoms with E-state index in [1.807, 2.05) is 0 Å². The Balaban J connectivity index is 2.23. The van der Waals surface area contributed by atoms with Crippen LogP contribution in [-0.4, -0.2) is 43.4 Å². The molecule has 10 nitrogen and oxygen atoms in total. The van der Waals surface area contributed by atoms with Crippen LogP contribution in [0.15, 0.2) is 42.5 Å². The first kappa shape index (κ1) is 27.5. The van der Waals surface area contributed by atoms with Crippen molar-refractivity contribution in [1.29, 1.82) is 5.26 Å². The highest BCUT2D eigenvalue weighted by Gasteiger charge is 2.36. The van der Waals surface area contributed by atoms with Crippen LogP contribution in [0.5, 0.6) is 0 Å². The number of ether oxygens (including phenoxy) is 2. The third-order valence-corrected chi connectivity index (χ3v) is 4.74. The predicted molar refractivity (Wildman–Crippen MR) is 133 cm³/mol. The Hall–Kier alpha value is -4.04. The van der Waals surface area contributed by atoms with Gasteiger partial charge in [0.05, 0.1) is 23.1 Å². The van der Waals surface area contributed by atoms with Gasteiger partial charge >= 0.3 is 12.2 Å². The number of nitriles is 1. The van der Waals surface area contributed by atoms with E-state index in [0.717, 1.165) is 0 Å². The summed E-state index contributed by atoms with van der Waals surface area (Å²) in [5.41, 5.74) is -1.22. The monoisotopic (exact) mass is 528 g/mol. The molecule has 0 spiro atoms. The van der Waals surface area contributed by atoms with Crippen molar-refractivity contribution >= 4 is 29.6 Å². The molecular weight excluding hydrogens is 503 g/mol. The van der Waals surface area contributed by atoms with E-state index < -0.39 is 35.1 Å². The molecular formula is C25H26ClFN6O4. The molecule has 0 saturated carbocycles. The summed E-state index contributed by atoms with van der Waals surface area (Å²) in [6.07, 6.45) is -2.06. The van der Waals surface area contributed by atoms with E-state index in [0.29, 0.717) is 10.6 Å². The lowest BCUT2D eigenvalue weighted by atomic mass is 10.0. The maximum atomic E-state index is 13.7. The average molecular weight is 529 g/mol. The molecule has 0 fully saturated rings. The number of anilines is 1. The fraction of sp³-hybridized carbons (Fsp3) is 0.360. The lowest BCUT2D eigenvalue weighted by molar-refractivity contribution is 0.0428. The minimum atomic E-state index is -1.04. The number of rotatable bonds is 4. The van der Waals surface area contributed by atoms with Crippen molar-refractivity contribution < 1.29 is 23.5 Å². The normalized spacial score (nSPS) is 12.4. The molecule has 1 unspecified atom stereocenters. The van der Waals surface area contributed by atoms with Gasteiger partial charge in [0.25, 0.3) is 0 Å². The third kappa shape index (κ3) is 7.01. The first-order chi connectivity index (χ1) is 17.2. The smallest absolute Gasteiger partial charge is 0.425 e. The number of carbonyl (C=O) groups excluding carboxylic acids is 2. The van der Waals surface area contributed by atoms with Crippen LogP contribution in [0.3, 0.4) is 0 Å². The summed E-state index contributed by atoms with van der Waals surface area (Å²) in [6, 6.07) is 11.6. The molecule has 12 heteroatoms. The fourth-order valence-corrected chi connectivity index (χ4v) is 3.20. The van der Waals surface area contributed by atoms with E-state index in [4.69, 9.17) is 21.1 Å². The van der Waals surface area contributed by atoms with Gasteiger partial charge in [0.15, 0.2) is 11.0 Å². The van der Waals surface area contributed by atoms with Crippen LogP contribution in [0.1, 0.15) is 58.8 Å². The van der Waals surface area contributed by atoms with Crippen molar-refractivity contribution in [3.05, 3.63) is 64.8 Å². The van der Waals surface area contributed by atoms with Crippen molar-refractivity contribution in [2.45, 2.75) is 58.7 Å². The number of amides is 2. The highest BCUT2D eigenvalue weighted by Crippen LogP contribution is 2.30. The van der Waals surface area contributed by atoms with Gasteiger partial charge in [0, 0.05) is 6.07 Å². The van der Waals surface area contributed by atoms with Gasteiger partial charge in [-0.3, -0.25) is 0 Å². The number of hydrogen-bond acceptors (Lipinski definition) is 8. The molecule has 0 N–H and O–H groups in total. The molecule has 37 heavy (non-hydrogen) atoms. The Morgan fingerprint density at radius 3 is 2.00 bits per heavy atom. The van der Waals surface area contributed by atoms with Crippen molar-refractivity contribution in [1.82, 2.24) is 20.0 Å². The summed E-state index contributed by atoms with van der Waals surface area (Å²) in [5, 5.41) is 22.3. The van der Waals surface area contributed by atoms with E-state index in [1.165, 1.54) is 47.1 Å². The largest absolute Gasteiger partial charge is 0.443 e. The van der Waals surface area contributed by atoms with Gasteiger partial charge < -0.3 is 9.47 Å². The summed E-state index contributed by atoms with van der Waals surface area (Å²) in [5.74, 6) is -1.63. The minimum Gasteiger partial charge on any atom is -0.443 e. The fourth-order valence-electron chi connectivity index (χ4n) is 3.10. The highest BCUT2D eigenvalue weighted by atomic mass is 35.5. The van der Waals surface area contributed by atoms with Crippen LogP contribution < -0.4 is 4.90 Å². The first-order valence-electron chi connectivity index (χ1n) is 11.2. The van der Waals surface area contributed by atoms with Crippen molar-refractivity contribution in [2.75, 3.05) is 4.90 Å². The second kappa shape index (κ2) is 10.5. The van der Waals surface area contributed by atoms with E-state index in [1.54, 1.807) is 41.5 Å². The molecule has 1 atom stereocenters. The molecule has 0 radical (unpaired) electrons. The van der Waals surface area contributed by atoms with E-state index in [-0.39, 0.29) is 22.4 Å². The molecule has 2 heterocycles. The third-order valence-electron chi connectivity index (χ3n) is 4.54. The van der Waals surface area contributed by atoms with Crippen molar-refractivity contribution in [3.8, 4) is 11.8 Å². The molecule has 0 aliphatic rings. The van der Waals surface area contributed by atoms with Crippen molar-refractivity contribution in [2.24, 2.45) is 0 Å². The number of benzene rings is 1. The highest BCUT2D eigenvalue weighted by molar-refractivity contribution is 6.29. The zero-order chi connectivity index (χ0) is 27.5. The number of hydrogen-bond donors (Lipinski definition) is 0. The second-order valence-corrected chi connectivity index (χ2v) is 10.3. The quantitative estimate of drug-likeness (QED) is 0.417. The molecule has 194 valence electrons. The van der Waals surface area contributed by atoms with Gasteiger partial charge in [-0.05, 0) is 77.9 Å². The molecule has 0 bridgehead atoms. The first-order valence-corrected chi connectivity index (χ1v) is 11.6. The zero-order valence-corrected chi connectivity index (χ0v) is 21.9. The summed E-state index contributed by atoms with van der Waals surface area (Å²) in [7, 11) is 0. The Morgan fingerprint density at radius 1 is 0.973 bits per heavy atom. The molecule has 3 aromatic rings. The molecule has 0 aliphatic heterocycles. The average Bonchev–Trinajstić information content (AvgIpc) is 3.18. The van der Waals surface area contributed by atoms with Crippen LogP contribution in [0.2, 0.25) is 5.15 Å². The molecule has 0 aliphatic carbocycles. The van der Waals surface area contributed by atoms with Gasteiger partial charge in [-0.2, -0.15) is 20.4 Å². The summed E-state index contributed by atoms with van der Waals surface area (Å²) >= 11 is 5.83. The van der Waals surface area contributed by atoms with Crippen LogP contribution in [0.4, 0.5) is 19.8 Å². The lowest BCUT2D eigenvalue weighted by Gasteiger charge is -2.28. The molecule has 2 aromatic heterocycles. The maximum absolute atomic E-state index is 13.7. The topological polar surface area (TPSA) is 123 Å². The molecule has 1 aromatic carbocycles.